The molecule has 0 aromatic heterocycles. The number of carbonyl (C=O) groups is 3. The third-order valence-corrected chi connectivity index (χ3v) is 0.941. The first-order chi connectivity index (χ1) is 6.43. The van der Waals surface area contributed by atoms with Crippen molar-refractivity contribution in [3.63, 3.8) is 0 Å². The van der Waals surface area contributed by atoms with Crippen LogP contribution in [0.25, 0.3) is 0 Å². The molecule has 79 valence electrons. The Morgan fingerprint density at radius 1 is 1.14 bits per heavy atom. The van der Waals surface area contributed by atoms with Gasteiger partial charge in [0.15, 0.2) is 0 Å². The van der Waals surface area contributed by atoms with Gasteiger partial charge < -0.3 is 14.4 Å². The third kappa shape index (κ3) is 17.1. The van der Waals surface area contributed by atoms with Crippen molar-refractivity contribution < 1.29 is 34.8 Å². The molecule has 0 atom stereocenters. The zero-order chi connectivity index (χ0) is 11.1. The fourth-order valence-corrected chi connectivity index (χ4v) is 0.562. The molecule has 0 amide bonds. The quantitative estimate of drug-likeness (QED) is 0.657. The molecule has 0 aromatic rings. The first kappa shape index (κ1) is 23.1. The Bertz CT molecular complexity index is 171. The zero-order valence-corrected chi connectivity index (χ0v) is 10.6. The molecule has 0 aromatic carbocycles. The Hall–Kier alpha value is -1.11. The molecule has 0 saturated carbocycles. The van der Waals surface area contributed by atoms with Crippen molar-refractivity contribution in [1.29, 1.82) is 0 Å². The Balaban J connectivity index is -0.0000000625. The van der Waals surface area contributed by atoms with Gasteiger partial charge in [-0.1, -0.05) is 6.42 Å². The van der Waals surface area contributed by atoms with Gasteiger partial charge in [-0.05, 0) is 0 Å². The second-order valence-corrected chi connectivity index (χ2v) is 1.44. The van der Waals surface area contributed by atoms with Crippen LogP contribution in [0.2, 0.25) is 0 Å². The van der Waals surface area contributed by atoms with Crippen molar-refractivity contribution in [3.8, 4) is 0 Å². The molecule has 0 aliphatic heterocycles. The van der Waals surface area contributed by atoms with E-state index in [1.54, 1.807) is 0 Å². The first-order valence-electron chi connectivity index (χ1n) is 3.20. The molecule has 0 spiro atoms. The van der Waals surface area contributed by atoms with Gasteiger partial charge in [0.1, 0.15) is 20.4 Å². The van der Waals surface area contributed by atoms with Gasteiger partial charge in [0.2, 0.25) is 0 Å². The van der Waals surface area contributed by atoms with E-state index in [9.17, 15) is 0 Å². The maximum atomic E-state index is 8.00. The van der Waals surface area contributed by atoms with Crippen LogP contribution in [0.4, 0.5) is 0 Å². The van der Waals surface area contributed by atoms with E-state index in [2.05, 4.69) is 18.7 Å². The summed E-state index contributed by atoms with van der Waals surface area (Å²) in [6, 6.07) is 0. The van der Waals surface area contributed by atoms with Crippen LogP contribution in [-0.2, 0) is 34.8 Å². The summed E-state index contributed by atoms with van der Waals surface area (Å²) in [7, 11) is 0. The average molecular weight is 367 g/mol. The largest absolute Gasteiger partial charge is 0.307 e. The predicted octanol–water partition coefficient (Wildman–Crippen LogP) is 1.30. The molecule has 14 heavy (non-hydrogen) atoms. The summed E-state index contributed by atoms with van der Waals surface area (Å²) in [4.78, 5) is 24.0. The maximum Gasteiger partial charge on any atom is 0.106 e. The van der Waals surface area contributed by atoms with Gasteiger partial charge in [-0.2, -0.15) is 30.4 Å². The average Bonchev–Trinajstić information content (AvgIpc) is 2.79. The van der Waals surface area contributed by atoms with Crippen LogP contribution >= 0.6 is 0 Å². The van der Waals surface area contributed by atoms with Crippen molar-refractivity contribution in [2.45, 2.75) is 6.42 Å². The van der Waals surface area contributed by atoms with Gasteiger partial charge in [0.05, 0.1) is 0 Å². The molecule has 1 aliphatic rings. The molecule has 1 radical (unpaired) electrons. The predicted molar refractivity (Wildman–Crippen MR) is 52.1 cm³/mol. The minimum atomic E-state index is 0. The van der Waals surface area contributed by atoms with Gasteiger partial charge in [-0.25, -0.2) is 0 Å². The van der Waals surface area contributed by atoms with Crippen LogP contribution in [0.3, 0.4) is 0 Å². The molecule has 0 fully saturated rings. The monoisotopic (exact) mass is 368 g/mol. The fraction of sp³-hybridized carbons (Fsp3) is 0.100. The smallest absolute Gasteiger partial charge is 0.106 e. The van der Waals surface area contributed by atoms with Gasteiger partial charge in [0, 0.05) is 20.4 Å². The molecule has 1 rings (SSSR count). The zero-order valence-electron chi connectivity index (χ0n) is 7.87. The molecule has 0 unspecified atom stereocenters. The second-order valence-electron chi connectivity index (χ2n) is 1.44. The molecular weight excluding hydrogens is 354 g/mol. The summed E-state index contributed by atoms with van der Waals surface area (Å²) >= 11 is 0. The van der Waals surface area contributed by atoms with Crippen LogP contribution in [0.15, 0.2) is 30.4 Å². The third-order valence-electron chi connectivity index (χ3n) is 0.941. The summed E-state index contributed by atoms with van der Waals surface area (Å²) in [5, 5.41) is 0. The van der Waals surface area contributed by atoms with E-state index in [1.165, 1.54) is 0 Å². The molecular formula is C10H13O3Re-. The topological polar surface area (TPSA) is 51.2 Å². The number of hydrogen-bond acceptors (Lipinski definition) is 3. The van der Waals surface area contributed by atoms with E-state index < -0.39 is 0 Å². The first-order valence-corrected chi connectivity index (χ1v) is 3.20. The van der Waals surface area contributed by atoms with Crippen molar-refractivity contribution >= 4 is 20.4 Å². The van der Waals surface area contributed by atoms with Crippen molar-refractivity contribution in [3.05, 3.63) is 36.5 Å². The minimum Gasteiger partial charge on any atom is -0.307 e. The number of carbonyl (C=O) groups excluding carboxylic acids is 3. The van der Waals surface area contributed by atoms with E-state index in [1.807, 2.05) is 32.5 Å². The van der Waals surface area contributed by atoms with Crippen molar-refractivity contribution in [2.24, 2.45) is 0 Å². The van der Waals surface area contributed by atoms with Crippen LogP contribution in [0.5, 0.6) is 0 Å². The molecule has 0 N–H and O–H groups in total. The van der Waals surface area contributed by atoms with Crippen LogP contribution in [-0.4, -0.2) is 20.4 Å². The SMILES string of the molecule is C=CC1=[C-]CC=C1.C=O.C=O.C=O.[Re]. The number of rotatable bonds is 1. The standard InChI is InChI=1S/C7H7.3CH2O.Re/c1-2-7-5-3-4-6-7;3*1-2;/h2-3,5H,1,4H2;3*1H2;/q-1;;;;. The van der Waals surface area contributed by atoms with E-state index in [0.29, 0.717) is 0 Å². The minimum absolute atomic E-state index is 0. The summed E-state index contributed by atoms with van der Waals surface area (Å²) in [5.74, 6) is 0. The number of allylic oxidation sites excluding steroid dienone is 5. The second kappa shape index (κ2) is 29.7. The normalized spacial score (nSPS) is 9.29. The van der Waals surface area contributed by atoms with Gasteiger partial charge in [-0.15, -0.1) is 6.08 Å². The number of hydrogen-bond donors (Lipinski definition) is 0. The van der Waals surface area contributed by atoms with E-state index in [-0.39, 0.29) is 20.4 Å². The Morgan fingerprint density at radius 3 is 1.71 bits per heavy atom. The van der Waals surface area contributed by atoms with E-state index in [4.69, 9.17) is 14.4 Å². The van der Waals surface area contributed by atoms with Gasteiger partial charge >= 0.3 is 0 Å². The fourth-order valence-electron chi connectivity index (χ4n) is 0.562. The van der Waals surface area contributed by atoms with Gasteiger partial charge in [0.25, 0.3) is 0 Å². The van der Waals surface area contributed by atoms with Crippen LogP contribution in [0.1, 0.15) is 6.42 Å². The summed E-state index contributed by atoms with van der Waals surface area (Å²) in [5.41, 5.74) is 1.13. The van der Waals surface area contributed by atoms with Crippen molar-refractivity contribution in [2.75, 3.05) is 0 Å². The Labute approximate surface area is 98.2 Å². The van der Waals surface area contributed by atoms with E-state index >= 15 is 0 Å². The molecule has 3 nitrogen and oxygen atoms in total. The van der Waals surface area contributed by atoms with Gasteiger partial charge in [-0.3, -0.25) is 0 Å². The Kier molecular flexibility index (Phi) is 48.9. The Morgan fingerprint density at radius 2 is 1.57 bits per heavy atom. The van der Waals surface area contributed by atoms with Crippen LogP contribution < -0.4 is 0 Å². The summed E-state index contributed by atoms with van der Waals surface area (Å²) < 4.78 is 0. The molecule has 1 aliphatic carbocycles. The molecule has 4 heteroatoms. The summed E-state index contributed by atoms with van der Waals surface area (Å²) in [6.07, 6.45) is 9.95. The van der Waals surface area contributed by atoms with E-state index in [0.717, 1.165) is 12.0 Å². The molecule has 0 bridgehead atoms. The van der Waals surface area contributed by atoms with Crippen LogP contribution in [0, 0.1) is 6.08 Å². The maximum absolute atomic E-state index is 8.00. The molecule has 0 heterocycles. The molecule has 0 saturated heterocycles. The summed E-state index contributed by atoms with van der Waals surface area (Å²) in [6.45, 7) is 9.59. The van der Waals surface area contributed by atoms with Crippen molar-refractivity contribution in [1.82, 2.24) is 0 Å².